The summed E-state index contributed by atoms with van der Waals surface area (Å²) >= 11 is 5.10. The Morgan fingerprint density at radius 2 is 0.469 bits per heavy atom. The van der Waals surface area contributed by atoms with Gasteiger partial charge in [-0.3, -0.25) is 19.6 Å². The van der Waals surface area contributed by atoms with E-state index >= 15 is 0 Å². The Labute approximate surface area is 777 Å². The lowest BCUT2D eigenvalue weighted by Crippen LogP contribution is -2.60. The third kappa shape index (κ3) is 25.5. The van der Waals surface area contributed by atoms with Gasteiger partial charge in [-0.1, -0.05) is 72.8 Å². The van der Waals surface area contributed by atoms with Crippen molar-refractivity contribution in [1.29, 1.82) is 0 Å². The molecule has 8 N–H and O–H groups in total. The van der Waals surface area contributed by atoms with Gasteiger partial charge < -0.3 is 61.3 Å². The number of hydrogen-bond donors (Lipinski definition) is 8. The lowest BCUT2D eigenvalue weighted by atomic mass is 9.98. The van der Waals surface area contributed by atoms with Gasteiger partial charge in [-0.25, -0.2) is 33.7 Å². The third-order valence-corrected chi connectivity index (χ3v) is 38.4. The minimum atomic E-state index is -3.47. The first-order valence-corrected chi connectivity index (χ1v) is 54.2. The van der Waals surface area contributed by atoms with Crippen LogP contribution in [0, 0.1) is 0 Å². The van der Waals surface area contributed by atoms with Crippen LogP contribution < -0.4 is 40.9 Å². The molecule has 0 spiro atoms. The van der Waals surface area contributed by atoms with Crippen LogP contribution in [0.3, 0.4) is 0 Å². The van der Waals surface area contributed by atoms with Crippen LogP contribution >= 0.6 is 45.3 Å². The Morgan fingerprint density at radius 3 is 0.625 bits per heavy atom. The SMILES string of the molecule is C[C@@H]1CN(C[C@H]2CN(S(=O)(=O)c3cccs3)CCN2c2ccc(C(C)(C)O)cc2)CCN1.C[C@@H]1CN(C[C@H]2CN(S(=O)(=O)c3cccs3)CCN2c2ccc(C(C)(C)O)cc2)CCN1.C[C@H]1CN(C[C@H]2CN(S(=O)(=O)c3cccs3)CCN2c2ccc(C(C)(C)O)cc2)CCN1.C[C@H]1CN(C[C@H]2CN(S(=O)(=O)c3cccs3)CCN2c2ccc(C(C)(C)O)cc2)CCN1. The molecule has 8 aliphatic rings. The summed E-state index contributed by atoms with van der Waals surface area (Å²) in [5, 5.41) is 62.4. The molecule has 8 atom stereocenters. The van der Waals surface area contributed by atoms with Crippen LogP contribution in [0.2, 0.25) is 0 Å². The zero-order chi connectivity index (χ0) is 91.7. The summed E-state index contributed by atoms with van der Waals surface area (Å²) in [6.07, 6.45) is 0. The fourth-order valence-electron chi connectivity index (χ4n) is 18.5. The molecule has 704 valence electrons. The lowest BCUT2D eigenvalue weighted by Gasteiger charge is -2.45. The molecular formula is C92H136N16O12S8. The molecule has 0 unspecified atom stereocenters. The molecule has 36 heteroatoms. The van der Waals surface area contributed by atoms with Gasteiger partial charge >= 0.3 is 0 Å². The first kappa shape index (κ1) is 99.5. The lowest BCUT2D eigenvalue weighted by molar-refractivity contribution is 0.0780. The van der Waals surface area contributed by atoms with Crippen molar-refractivity contribution < 1.29 is 54.1 Å². The Morgan fingerprint density at radius 1 is 0.281 bits per heavy atom. The quantitative estimate of drug-likeness (QED) is 0.0281. The van der Waals surface area contributed by atoms with Crippen molar-refractivity contribution in [3.63, 3.8) is 0 Å². The van der Waals surface area contributed by atoms with E-state index in [1.807, 2.05) is 119 Å². The molecule has 8 fully saturated rings. The minimum absolute atomic E-state index is 0.0526. The highest BCUT2D eigenvalue weighted by atomic mass is 32.3. The fourth-order valence-corrected chi connectivity index (χ4v) is 28.9. The molecule has 8 aliphatic heterocycles. The van der Waals surface area contributed by atoms with E-state index in [-0.39, 0.29) is 24.2 Å². The molecule has 8 saturated heterocycles. The summed E-state index contributed by atoms with van der Waals surface area (Å²) in [6, 6.07) is 47.9. The van der Waals surface area contributed by atoms with Crippen molar-refractivity contribution in [3.8, 4) is 0 Å². The number of hydrogen-bond acceptors (Lipinski definition) is 28. The maximum atomic E-state index is 13.2. The Bertz CT molecular complexity index is 4600. The maximum absolute atomic E-state index is 13.2. The van der Waals surface area contributed by atoms with Crippen LogP contribution in [0.1, 0.15) is 105 Å². The first-order valence-electron chi connectivity index (χ1n) is 44.9. The molecule has 4 aromatic carbocycles. The number of thiophene rings is 4. The average Bonchev–Trinajstić information content (AvgIpc) is 1.18. The number of anilines is 4. The molecule has 0 amide bonds. The second-order valence-electron chi connectivity index (χ2n) is 37.5. The second kappa shape index (κ2) is 42.7. The zero-order valence-electron chi connectivity index (χ0n) is 76.3. The van der Waals surface area contributed by atoms with E-state index in [0.29, 0.717) is 120 Å². The van der Waals surface area contributed by atoms with Crippen LogP contribution in [-0.4, -0.2) is 323 Å². The van der Waals surface area contributed by atoms with E-state index in [1.165, 1.54) is 45.3 Å². The summed E-state index contributed by atoms with van der Waals surface area (Å²) < 4.78 is 114. The normalized spacial score (nSPS) is 24.1. The standard InChI is InChI=1S/4C23H34N4O3S2/c4*1-18-15-25(11-10-24-18)16-21-17-26(32(29,30)22-5-4-14-31-22)12-13-27(21)20-8-6-19(7-9-20)23(2,3)28/h4*4-9,14,18,21,24,28H,10-13,15-17H2,1-3H3/t2*18-,21+;2*18-,21-/m1100/s1. The van der Waals surface area contributed by atoms with Crippen molar-refractivity contribution in [2.24, 2.45) is 0 Å². The molecule has 28 nitrogen and oxygen atoms in total. The number of benzene rings is 4. The number of aliphatic hydroxyl groups is 4. The summed E-state index contributed by atoms with van der Waals surface area (Å²) in [5.41, 5.74) is 4.20. The Kier molecular flexibility index (Phi) is 33.2. The highest BCUT2D eigenvalue weighted by molar-refractivity contribution is 7.92. The molecule has 4 aromatic heterocycles. The van der Waals surface area contributed by atoms with E-state index in [2.05, 4.69) is 88.2 Å². The van der Waals surface area contributed by atoms with Crippen LogP contribution in [0.5, 0.6) is 0 Å². The molecule has 12 heterocycles. The number of nitrogens with zero attached hydrogens (tertiary/aromatic N) is 12. The van der Waals surface area contributed by atoms with E-state index < -0.39 is 62.5 Å². The Hall–Kier alpha value is -5.96. The van der Waals surface area contributed by atoms with Crippen molar-refractivity contribution in [2.45, 2.75) is 171 Å². The van der Waals surface area contributed by atoms with Crippen molar-refractivity contribution in [2.75, 3.05) is 203 Å². The van der Waals surface area contributed by atoms with Gasteiger partial charge in [0.15, 0.2) is 0 Å². The minimum Gasteiger partial charge on any atom is -0.386 e. The van der Waals surface area contributed by atoms with Gasteiger partial charge in [0.2, 0.25) is 0 Å². The number of rotatable bonds is 24. The molecule has 16 rings (SSSR count). The van der Waals surface area contributed by atoms with Gasteiger partial charge in [-0.05, 0) is 200 Å². The van der Waals surface area contributed by atoms with Crippen LogP contribution in [-0.2, 0) is 62.5 Å². The molecule has 0 saturated carbocycles. The maximum Gasteiger partial charge on any atom is 0.252 e. The molecule has 0 aliphatic carbocycles. The largest absolute Gasteiger partial charge is 0.386 e. The van der Waals surface area contributed by atoms with Gasteiger partial charge in [0, 0.05) is 230 Å². The smallest absolute Gasteiger partial charge is 0.252 e. The average molecular weight is 1910 g/mol. The van der Waals surface area contributed by atoms with Crippen molar-refractivity contribution in [1.82, 2.24) is 58.1 Å². The predicted octanol–water partition coefficient (Wildman–Crippen LogP) is 8.59. The molecule has 8 aromatic rings. The molecule has 0 bridgehead atoms. The Balaban J connectivity index is 0.000000146. The summed E-state index contributed by atoms with van der Waals surface area (Å²) in [6.45, 7) is 44.0. The van der Waals surface area contributed by atoms with E-state index in [9.17, 15) is 54.1 Å². The van der Waals surface area contributed by atoms with Crippen LogP contribution in [0.25, 0.3) is 0 Å². The van der Waals surface area contributed by atoms with Gasteiger partial charge in [0.05, 0.1) is 46.6 Å². The molecular weight excluding hydrogens is 1780 g/mol. The second-order valence-corrected chi connectivity index (χ2v) is 49.9. The van der Waals surface area contributed by atoms with E-state index in [1.54, 1.807) is 121 Å². The number of piperazine rings is 8. The summed E-state index contributed by atoms with van der Waals surface area (Å²) in [5.74, 6) is 0. The van der Waals surface area contributed by atoms with Gasteiger partial charge in [0.1, 0.15) is 16.8 Å². The third-order valence-electron chi connectivity index (χ3n) is 25.4. The summed E-state index contributed by atoms with van der Waals surface area (Å²) in [7, 11) is -13.9. The fraction of sp³-hybridized carbons (Fsp3) is 0.565. The van der Waals surface area contributed by atoms with Gasteiger partial charge in [0.25, 0.3) is 40.1 Å². The topological polar surface area (TPSA) is 304 Å². The van der Waals surface area contributed by atoms with E-state index in [4.69, 9.17) is 0 Å². The first-order chi connectivity index (χ1) is 60.6. The number of sulfonamides is 4. The summed E-state index contributed by atoms with van der Waals surface area (Å²) in [4.78, 5) is 19.1. The monoisotopic (exact) mass is 1910 g/mol. The number of nitrogens with one attached hydrogen (secondary N) is 4. The highest BCUT2D eigenvalue weighted by Gasteiger charge is 2.43. The van der Waals surface area contributed by atoms with E-state index in [0.717, 1.165) is 150 Å². The predicted molar refractivity (Wildman–Crippen MR) is 519 cm³/mol. The van der Waals surface area contributed by atoms with Crippen molar-refractivity contribution >= 4 is 108 Å². The zero-order valence-corrected chi connectivity index (χ0v) is 82.8. The molecule has 0 radical (unpaired) electrons. The van der Waals surface area contributed by atoms with Crippen LogP contribution in [0.15, 0.2) is 184 Å². The molecule has 128 heavy (non-hydrogen) atoms. The van der Waals surface area contributed by atoms with Crippen molar-refractivity contribution in [3.05, 3.63) is 189 Å². The van der Waals surface area contributed by atoms with Gasteiger partial charge in [-0.15, -0.1) is 45.3 Å². The highest BCUT2D eigenvalue weighted by Crippen LogP contribution is 2.36. The van der Waals surface area contributed by atoms with Gasteiger partial charge in [-0.2, -0.15) is 17.2 Å². The van der Waals surface area contributed by atoms with Crippen LogP contribution in [0.4, 0.5) is 22.7 Å².